The van der Waals surface area contributed by atoms with Crippen LogP contribution in [0, 0.1) is 11.8 Å². The van der Waals surface area contributed by atoms with Crippen molar-refractivity contribution in [3.05, 3.63) is 24.3 Å². The number of rotatable bonds is 83. The van der Waals surface area contributed by atoms with Crippen LogP contribution in [0.1, 0.15) is 433 Å². The number of esters is 4. The van der Waals surface area contributed by atoms with Crippen molar-refractivity contribution in [3.63, 3.8) is 0 Å². The van der Waals surface area contributed by atoms with Crippen molar-refractivity contribution in [2.45, 2.75) is 452 Å². The molecule has 105 heavy (non-hydrogen) atoms. The number of ether oxygens (including phenoxy) is 4. The molecular weight excluding hydrogens is 1370 g/mol. The van der Waals surface area contributed by atoms with Crippen LogP contribution in [-0.4, -0.2) is 96.7 Å². The monoisotopic (exact) mass is 1530 g/mol. The molecule has 0 aliphatic rings. The maximum atomic E-state index is 13.1. The van der Waals surface area contributed by atoms with E-state index in [2.05, 4.69) is 65.8 Å². The number of carbonyl (C=O) groups excluding carboxylic acids is 4. The minimum absolute atomic E-state index is 0.0848. The Hall–Kier alpha value is -2.46. The number of hydrogen-bond donors (Lipinski definition) is 3. The maximum Gasteiger partial charge on any atom is 0.472 e. The Kier molecular flexibility index (Phi) is 75.1. The second kappa shape index (κ2) is 76.9. The van der Waals surface area contributed by atoms with Gasteiger partial charge in [0.15, 0.2) is 12.2 Å². The average molecular weight is 1530 g/mol. The molecule has 0 aliphatic heterocycles. The lowest BCUT2D eigenvalue weighted by Crippen LogP contribution is -2.30. The molecule has 0 aromatic rings. The smallest absolute Gasteiger partial charge is 0.462 e. The number of phosphoric acid groups is 2. The zero-order chi connectivity index (χ0) is 77.1. The molecule has 0 heterocycles. The number of aliphatic hydroxyl groups is 1. The Morgan fingerprint density at radius 3 is 0.857 bits per heavy atom. The van der Waals surface area contributed by atoms with Gasteiger partial charge in [-0.2, -0.15) is 0 Å². The van der Waals surface area contributed by atoms with Gasteiger partial charge in [0.2, 0.25) is 0 Å². The molecule has 0 amide bonds. The van der Waals surface area contributed by atoms with Gasteiger partial charge in [0.1, 0.15) is 19.3 Å². The van der Waals surface area contributed by atoms with E-state index < -0.39 is 97.5 Å². The summed E-state index contributed by atoms with van der Waals surface area (Å²) >= 11 is 0. The van der Waals surface area contributed by atoms with Crippen molar-refractivity contribution in [1.82, 2.24) is 0 Å². The van der Waals surface area contributed by atoms with Crippen LogP contribution in [0.2, 0.25) is 0 Å². The van der Waals surface area contributed by atoms with Gasteiger partial charge >= 0.3 is 39.5 Å². The molecule has 0 rings (SSSR count). The quantitative estimate of drug-likeness (QED) is 0.0169. The summed E-state index contributed by atoms with van der Waals surface area (Å²) in [4.78, 5) is 73.2. The highest BCUT2D eigenvalue weighted by Gasteiger charge is 2.30. The van der Waals surface area contributed by atoms with Gasteiger partial charge in [0, 0.05) is 25.7 Å². The third-order valence-corrected chi connectivity index (χ3v) is 21.8. The molecule has 19 heteroatoms. The molecule has 0 bridgehead atoms. The molecule has 620 valence electrons. The van der Waals surface area contributed by atoms with Gasteiger partial charge in [-0.25, -0.2) is 9.13 Å². The molecule has 3 unspecified atom stereocenters. The zero-order valence-corrected chi connectivity index (χ0v) is 70.3. The van der Waals surface area contributed by atoms with Crippen molar-refractivity contribution >= 4 is 39.5 Å². The van der Waals surface area contributed by atoms with Crippen molar-refractivity contribution in [2.75, 3.05) is 39.6 Å². The number of carbonyl (C=O) groups is 4. The van der Waals surface area contributed by atoms with Crippen LogP contribution >= 0.6 is 15.6 Å². The van der Waals surface area contributed by atoms with Gasteiger partial charge in [0.25, 0.3) is 0 Å². The molecule has 0 radical (unpaired) electrons. The number of hydrogen-bond acceptors (Lipinski definition) is 15. The molecular formula is C86H164O17P2. The topological polar surface area (TPSA) is 237 Å². The van der Waals surface area contributed by atoms with Crippen molar-refractivity contribution in [1.29, 1.82) is 0 Å². The van der Waals surface area contributed by atoms with E-state index in [0.29, 0.717) is 25.7 Å². The zero-order valence-electron chi connectivity index (χ0n) is 68.5. The van der Waals surface area contributed by atoms with Crippen LogP contribution < -0.4 is 0 Å². The number of allylic oxidation sites excluding steroid dienone is 4. The van der Waals surface area contributed by atoms with E-state index in [1.54, 1.807) is 0 Å². The highest BCUT2D eigenvalue weighted by atomic mass is 31.2. The molecule has 6 atom stereocenters. The van der Waals surface area contributed by atoms with Gasteiger partial charge in [-0.05, 0) is 63.2 Å². The first-order valence-corrected chi connectivity index (χ1v) is 46.8. The normalized spacial score (nSPS) is 14.2. The minimum atomic E-state index is -4.97. The van der Waals surface area contributed by atoms with Gasteiger partial charge in [-0.3, -0.25) is 37.3 Å². The molecule has 17 nitrogen and oxygen atoms in total. The van der Waals surface area contributed by atoms with Crippen LogP contribution in [0.5, 0.6) is 0 Å². The second-order valence-electron chi connectivity index (χ2n) is 31.0. The highest BCUT2D eigenvalue weighted by molar-refractivity contribution is 7.47. The van der Waals surface area contributed by atoms with Crippen molar-refractivity contribution in [3.8, 4) is 0 Å². The fraction of sp³-hybridized carbons (Fsp3) is 0.907. The Morgan fingerprint density at radius 1 is 0.314 bits per heavy atom. The third kappa shape index (κ3) is 78.0. The summed E-state index contributed by atoms with van der Waals surface area (Å²) in [6.45, 7) is 9.63. The highest BCUT2D eigenvalue weighted by Crippen LogP contribution is 2.45. The van der Waals surface area contributed by atoms with Crippen molar-refractivity contribution in [2.24, 2.45) is 11.8 Å². The van der Waals surface area contributed by atoms with Crippen LogP contribution in [0.4, 0.5) is 0 Å². The van der Waals surface area contributed by atoms with Gasteiger partial charge < -0.3 is 33.8 Å². The minimum Gasteiger partial charge on any atom is -0.462 e. The lowest BCUT2D eigenvalue weighted by molar-refractivity contribution is -0.161. The Labute approximate surface area is 643 Å². The number of aliphatic hydroxyl groups excluding tert-OH is 1. The molecule has 0 aromatic heterocycles. The molecule has 0 aliphatic carbocycles. The molecule has 0 spiro atoms. The summed E-state index contributed by atoms with van der Waals surface area (Å²) in [5, 5.41) is 10.7. The van der Waals surface area contributed by atoms with Gasteiger partial charge in [-0.1, -0.05) is 380 Å². The summed E-state index contributed by atoms with van der Waals surface area (Å²) in [6.07, 6.45) is 71.6. The van der Waals surface area contributed by atoms with Gasteiger partial charge in [-0.15, -0.1) is 0 Å². The largest absolute Gasteiger partial charge is 0.472 e. The van der Waals surface area contributed by atoms with E-state index in [0.717, 1.165) is 121 Å². The van der Waals surface area contributed by atoms with E-state index in [4.69, 9.17) is 37.0 Å². The third-order valence-electron chi connectivity index (χ3n) is 19.9. The van der Waals surface area contributed by atoms with Crippen LogP contribution in [0.15, 0.2) is 24.3 Å². The Balaban J connectivity index is 5.26. The summed E-state index contributed by atoms with van der Waals surface area (Å²) in [5.41, 5.74) is 0. The first-order valence-electron chi connectivity index (χ1n) is 43.8. The average Bonchev–Trinajstić information content (AvgIpc) is 0.914. The van der Waals surface area contributed by atoms with Crippen LogP contribution in [0.3, 0.4) is 0 Å². The SMILES string of the molecule is CCCCCC/C=C\C=C/CCCCCCCC(=O)O[C@H](COC(=O)CCCCCCCCCCC(C)C)COP(=O)(O)OC[C@H](O)COP(=O)(O)OC[C@@H](COC(=O)CCCCCCCCCCCCCCCCCCC)OC(=O)CCCCCCCCCCCCCCCCCCCCC(C)CC. The van der Waals surface area contributed by atoms with E-state index >= 15 is 0 Å². The molecule has 0 aromatic carbocycles. The van der Waals surface area contributed by atoms with Crippen LogP contribution in [0.25, 0.3) is 0 Å². The first-order chi connectivity index (χ1) is 50.9. The molecule has 0 fully saturated rings. The number of phosphoric ester groups is 2. The van der Waals surface area contributed by atoms with E-state index in [9.17, 15) is 43.2 Å². The second-order valence-corrected chi connectivity index (χ2v) is 33.9. The Morgan fingerprint density at radius 2 is 0.562 bits per heavy atom. The van der Waals surface area contributed by atoms with Gasteiger partial charge in [0.05, 0.1) is 26.4 Å². The number of unbranched alkanes of at least 4 members (excludes halogenated alkanes) is 49. The molecule has 3 N–H and O–H groups in total. The predicted molar refractivity (Wildman–Crippen MR) is 432 cm³/mol. The van der Waals surface area contributed by atoms with E-state index in [1.807, 2.05) is 0 Å². The lowest BCUT2D eigenvalue weighted by atomic mass is 9.99. The summed E-state index contributed by atoms with van der Waals surface area (Å²) < 4.78 is 68.8. The van der Waals surface area contributed by atoms with Crippen molar-refractivity contribution < 1.29 is 80.2 Å². The standard InChI is InChI=1S/C86H164O17P2/c1-7-10-12-14-16-18-20-22-24-27-32-35-39-43-50-56-62-68-83(88)96-74-81(102-85(90)71-65-59-53-45-41-37-33-29-26-25-28-31-34-38-42-49-55-61-67-79(6)9-3)76-100-104(92,93)98-72-80(87)73-99-105(94,95)101-77-82(75-97-84(89)69-63-57-51-47-46-48-54-60-66-78(4)5)103-86(91)70-64-58-52-44-40-36-30-23-21-19-17-15-13-11-8-2/h19,21,23,30,78-82,87H,7-18,20,22,24-29,31-77H2,1-6H3,(H,92,93)(H,94,95)/b21-19-,30-23-/t79?,80-,81-,82-/m1/s1. The summed E-state index contributed by atoms with van der Waals surface area (Å²) in [5.74, 6) is -0.540. The fourth-order valence-corrected chi connectivity index (χ4v) is 14.4. The first kappa shape index (κ1) is 103. The summed E-state index contributed by atoms with van der Waals surface area (Å²) in [7, 11) is -9.94. The van der Waals surface area contributed by atoms with E-state index in [-0.39, 0.29) is 25.7 Å². The van der Waals surface area contributed by atoms with Crippen LogP contribution in [-0.2, 0) is 65.4 Å². The summed E-state index contributed by atoms with van der Waals surface area (Å²) in [6, 6.07) is 0. The molecule has 0 saturated carbocycles. The fourth-order valence-electron chi connectivity index (χ4n) is 12.8. The predicted octanol–water partition coefficient (Wildman–Crippen LogP) is 25.8. The van der Waals surface area contributed by atoms with E-state index in [1.165, 1.54) is 231 Å². The molecule has 0 saturated heterocycles. The maximum absolute atomic E-state index is 13.1. The Bertz CT molecular complexity index is 2110. The lowest BCUT2D eigenvalue weighted by Gasteiger charge is -2.21.